The van der Waals surface area contributed by atoms with Gasteiger partial charge in [0.25, 0.3) is 0 Å². The van der Waals surface area contributed by atoms with Crippen LogP contribution in [-0.4, -0.2) is 38.7 Å². The number of aryl methyl sites for hydroxylation is 1. The van der Waals surface area contributed by atoms with Crippen molar-refractivity contribution in [3.05, 3.63) is 11.7 Å². The molecule has 1 aromatic heterocycles. The largest absolute Gasteiger partial charge is 0.480 e. The van der Waals surface area contributed by atoms with Crippen LogP contribution in [0.25, 0.3) is 0 Å². The SMILES string of the molecule is CCc1noc(CN2CCCC(C)C2C(=O)O)n1. The van der Waals surface area contributed by atoms with E-state index in [2.05, 4.69) is 10.1 Å². The van der Waals surface area contributed by atoms with E-state index in [0.29, 0.717) is 18.3 Å². The number of nitrogens with zero attached hydrogens (tertiary/aromatic N) is 3. The zero-order valence-electron chi connectivity index (χ0n) is 10.8. The second-order valence-corrected chi connectivity index (χ2v) is 4.83. The first kappa shape index (κ1) is 13.0. The Bertz CT molecular complexity index is 418. The normalized spacial score (nSPS) is 25.2. The molecule has 2 unspecified atom stereocenters. The van der Waals surface area contributed by atoms with E-state index in [1.54, 1.807) is 0 Å². The molecular weight excluding hydrogens is 234 g/mol. The summed E-state index contributed by atoms with van der Waals surface area (Å²) in [6, 6.07) is -0.448. The average Bonchev–Trinajstić information content (AvgIpc) is 2.76. The highest BCUT2D eigenvalue weighted by atomic mass is 16.5. The summed E-state index contributed by atoms with van der Waals surface area (Å²) in [5.74, 6) is 0.566. The van der Waals surface area contributed by atoms with E-state index in [1.807, 2.05) is 18.7 Å². The highest BCUT2D eigenvalue weighted by molar-refractivity contribution is 5.74. The van der Waals surface area contributed by atoms with Crippen molar-refractivity contribution in [1.29, 1.82) is 0 Å². The first-order chi connectivity index (χ1) is 8.61. The van der Waals surface area contributed by atoms with Gasteiger partial charge in [-0.05, 0) is 25.3 Å². The quantitative estimate of drug-likeness (QED) is 0.871. The number of hydrogen-bond donors (Lipinski definition) is 1. The monoisotopic (exact) mass is 253 g/mol. The lowest BCUT2D eigenvalue weighted by atomic mass is 9.91. The molecule has 2 rings (SSSR count). The molecule has 0 bridgehead atoms. The van der Waals surface area contributed by atoms with Crippen molar-refractivity contribution in [2.45, 2.75) is 45.7 Å². The molecule has 1 fully saturated rings. The van der Waals surface area contributed by atoms with Gasteiger partial charge in [0.1, 0.15) is 6.04 Å². The molecule has 0 spiro atoms. The number of hydrogen-bond acceptors (Lipinski definition) is 5. The van der Waals surface area contributed by atoms with E-state index in [-0.39, 0.29) is 5.92 Å². The van der Waals surface area contributed by atoms with E-state index in [1.165, 1.54) is 0 Å². The Balaban J connectivity index is 2.08. The Morgan fingerprint density at radius 3 is 3.00 bits per heavy atom. The van der Waals surface area contributed by atoms with Crippen molar-refractivity contribution in [1.82, 2.24) is 15.0 Å². The summed E-state index contributed by atoms with van der Waals surface area (Å²) in [6.07, 6.45) is 2.69. The number of carboxylic acid groups (broad SMARTS) is 1. The molecule has 0 aliphatic carbocycles. The summed E-state index contributed by atoms with van der Waals surface area (Å²) in [5, 5.41) is 13.1. The molecule has 2 atom stereocenters. The first-order valence-corrected chi connectivity index (χ1v) is 6.40. The Morgan fingerprint density at radius 2 is 2.39 bits per heavy atom. The molecule has 1 N–H and O–H groups in total. The van der Waals surface area contributed by atoms with Crippen molar-refractivity contribution >= 4 is 5.97 Å². The Morgan fingerprint density at radius 1 is 1.61 bits per heavy atom. The number of aliphatic carboxylic acids is 1. The fraction of sp³-hybridized carbons (Fsp3) is 0.750. The molecule has 1 aliphatic heterocycles. The molecule has 2 heterocycles. The van der Waals surface area contributed by atoms with Crippen LogP contribution >= 0.6 is 0 Å². The van der Waals surface area contributed by atoms with Crippen LogP contribution in [0, 0.1) is 5.92 Å². The highest BCUT2D eigenvalue weighted by Gasteiger charge is 2.34. The molecule has 100 valence electrons. The predicted molar refractivity (Wildman–Crippen MR) is 63.9 cm³/mol. The van der Waals surface area contributed by atoms with Gasteiger partial charge in [-0.3, -0.25) is 9.69 Å². The number of carboxylic acids is 1. The minimum atomic E-state index is -0.766. The summed E-state index contributed by atoms with van der Waals surface area (Å²) in [7, 11) is 0. The second kappa shape index (κ2) is 5.48. The minimum Gasteiger partial charge on any atom is -0.480 e. The maximum Gasteiger partial charge on any atom is 0.321 e. The zero-order chi connectivity index (χ0) is 13.1. The van der Waals surface area contributed by atoms with Gasteiger partial charge in [0, 0.05) is 6.42 Å². The number of carbonyl (C=O) groups is 1. The van der Waals surface area contributed by atoms with Crippen molar-refractivity contribution in [3.63, 3.8) is 0 Å². The van der Waals surface area contributed by atoms with Crippen LogP contribution in [0.15, 0.2) is 4.52 Å². The van der Waals surface area contributed by atoms with Gasteiger partial charge in [0.05, 0.1) is 6.54 Å². The number of likely N-dealkylation sites (tertiary alicyclic amines) is 1. The van der Waals surface area contributed by atoms with E-state index < -0.39 is 12.0 Å². The van der Waals surface area contributed by atoms with E-state index in [0.717, 1.165) is 25.8 Å². The minimum absolute atomic E-state index is 0.157. The highest BCUT2D eigenvalue weighted by Crippen LogP contribution is 2.24. The maximum atomic E-state index is 11.3. The van der Waals surface area contributed by atoms with Gasteiger partial charge in [-0.25, -0.2) is 0 Å². The average molecular weight is 253 g/mol. The molecule has 0 radical (unpaired) electrons. The fourth-order valence-corrected chi connectivity index (χ4v) is 2.52. The van der Waals surface area contributed by atoms with E-state index >= 15 is 0 Å². The van der Waals surface area contributed by atoms with Crippen LogP contribution in [0.5, 0.6) is 0 Å². The summed E-state index contributed by atoms with van der Waals surface area (Å²) >= 11 is 0. The van der Waals surface area contributed by atoms with Crippen LogP contribution in [0.1, 0.15) is 38.4 Å². The van der Waals surface area contributed by atoms with Crippen LogP contribution < -0.4 is 0 Å². The molecule has 0 aromatic carbocycles. The molecule has 0 saturated carbocycles. The van der Waals surface area contributed by atoms with Crippen molar-refractivity contribution < 1.29 is 14.4 Å². The van der Waals surface area contributed by atoms with Crippen LogP contribution in [0.4, 0.5) is 0 Å². The van der Waals surface area contributed by atoms with Gasteiger partial charge in [-0.2, -0.15) is 4.98 Å². The van der Waals surface area contributed by atoms with Crippen molar-refractivity contribution in [2.24, 2.45) is 5.92 Å². The van der Waals surface area contributed by atoms with E-state index in [4.69, 9.17) is 4.52 Å². The van der Waals surface area contributed by atoms with Gasteiger partial charge < -0.3 is 9.63 Å². The fourth-order valence-electron chi connectivity index (χ4n) is 2.52. The molecule has 0 amide bonds. The third-order valence-electron chi connectivity index (χ3n) is 3.45. The maximum absolute atomic E-state index is 11.3. The summed E-state index contributed by atoms with van der Waals surface area (Å²) in [6.45, 7) is 5.13. The summed E-state index contributed by atoms with van der Waals surface area (Å²) in [5.41, 5.74) is 0. The lowest BCUT2D eigenvalue weighted by Crippen LogP contribution is -2.48. The molecule has 6 heteroatoms. The lowest BCUT2D eigenvalue weighted by molar-refractivity contribution is -0.147. The standard InChI is InChI=1S/C12H19N3O3/c1-3-9-13-10(18-14-9)7-15-6-4-5-8(2)11(15)12(16)17/h8,11H,3-7H2,1-2H3,(H,16,17). The van der Waals surface area contributed by atoms with Crippen LogP contribution in [0.2, 0.25) is 0 Å². The topological polar surface area (TPSA) is 79.5 Å². The molecule has 1 aromatic rings. The van der Waals surface area contributed by atoms with Crippen LogP contribution in [-0.2, 0) is 17.8 Å². The number of aromatic nitrogens is 2. The third kappa shape index (κ3) is 2.69. The Kier molecular flexibility index (Phi) is 3.96. The second-order valence-electron chi connectivity index (χ2n) is 4.83. The Labute approximate surface area is 106 Å². The number of piperidine rings is 1. The van der Waals surface area contributed by atoms with Gasteiger partial charge in [-0.1, -0.05) is 19.0 Å². The zero-order valence-corrected chi connectivity index (χ0v) is 10.8. The van der Waals surface area contributed by atoms with Gasteiger partial charge in [-0.15, -0.1) is 0 Å². The summed E-state index contributed by atoms with van der Waals surface area (Å²) in [4.78, 5) is 17.5. The Hall–Kier alpha value is -1.43. The van der Waals surface area contributed by atoms with Crippen LogP contribution in [0.3, 0.4) is 0 Å². The lowest BCUT2D eigenvalue weighted by Gasteiger charge is -2.36. The molecular formula is C12H19N3O3. The van der Waals surface area contributed by atoms with Crippen molar-refractivity contribution in [3.8, 4) is 0 Å². The molecule has 1 saturated heterocycles. The smallest absolute Gasteiger partial charge is 0.321 e. The number of rotatable bonds is 4. The molecule has 6 nitrogen and oxygen atoms in total. The van der Waals surface area contributed by atoms with E-state index in [9.17, 15) is 9.90 Å². The first-order valence-electron chi connectivity index (χ1n) is 6.40. The molecule has 1 aliphatic rings. The van der Waals surface area contributed by atoms with Gasteiger partial charge >= 0.3 is 5.97 Å². The predicted octanol–water partition coefficient (Wildman–Crippen LogP) is 1.32. The van der Waals surface area contributed by atoms with Gasteiger partial charge in [0.15, 0.2) is 5.82 Å². The molecule has 18 heavy (non-hydrogen) atoms. The summed E-state index contributed by atoms with van der Waals surface area (Å²) < 4.78 is 5.13. The van der Waals surface area contributed by atoms with Gasteiger partial charge in [0.2, 0.25) is 5.89 Å². The third-order valence-corrected chi connectivity index (χ3v) is 3.45. The van der Waals surface area contributed by atoms with Crippen molar-refractivity contribution in [2.75, 3.05) is 6.54 Å².